The molecular weight excluding hydrogens is 467 g/mol. The molecule has 1 atom stereocenters. The molecule has 0 saturated carbocycles. The highest BCUT2D eigenvalue weighted by Gasteiger charge is 2.34. The first-order valence-electron chi connectivity index (χ1n) is 9.72. The molecule has 2 aromatic rings. The molecule has 0 saturated heterocycles. The number of guanidine groups is 1. The highest BCUT2D eigenvalue weighted by atomic mass is 127. The summed E-state index contributed by atoms with van der Waals surface area (Å²) >= 11 is 0. The number of nitrogens with one attached hydrogen (secondary N) is 2. The van der Waals surface area contributed by atoms with E-state index in [0.29, 0.717) is 6.54 Å². The van der Waals surface area contributed by atoms with Crippen LogP contribution in [0, 0.1) is 0 Å². The van der Waals surface area contributed by atoms with Crippen LogP contribution in [0.15, 0.2) is 29.3 Å². The van der Waals surface area contributed by atoms with Gasteiger partial charge < -0.3 is 19.9 Å². The van der Waals surface area contributed by atoms with Crippen molar-refractivity contribution in [3.63, 3.8) is 0 Å². The first-order valence-corrected chi connectivity index (χ1v) is 9.72. The van der Waals surface area contributed by atoms with Crippen LogP contribution in [0.4, 0.5) is 0 Å². The lowest BCUT2D eigenvalue weighted by atomic mass is 9.90. The molecule has 0 fully saturated rings. The number of aliphatic imine (C=N–C) groups is 1. The second-order valence-corrected chi connectivity index (χ2v) is 7.87. The van der Waals surface area contributed by atoms with Gasteiger partial charge in [0.15, 0.2) is 11.8 Å². The summed E-state index contributed by atoms with van der Waals surface area (Å²) in [5.41, 5.74) is 0.941. The minimum absolute atomic E-state index is 0. The number of hydrogen-bond donors (Lipinski definition) is 2. The SMILES string of the molecule is CN=C(NCc1nnc2n1CCCC2)NC1CC(C)(C)Oc2ccccc21.I. The zero-order valence-corrected chi connectivity index (χ0v) is 19.1. The highest BCUT2D eigenvalue weighted by Crippen LogP contribution is 2.39. The Kier molecular flexibility index (Phi) is 6.47. The van der Waals surface area contributed by atoms with Gasteiger partial charge in [-0.3, -0.25) is 4.99 Å². The predicted molar refractivity (Wildman–Crippen MR) is 120 cm³/mol. The number of benzene rings is 1. The first-order chi connectivity index (χ1) is 13.1. The van der Waals surface area contributed by atoms with Gasteiger partial charge >= 0.3 is 0 Å². The number of aromatic nitrogens is 3. The van der Waals surface area contributed by atoms with E-state index in [1.54, 1.807) is 7.05 Å². The quantitative estimate of drug-likeness (QED) is 0.388. The molecule has 7 nitrogen and oxygen atoms in total. The summed E-state index contributed by atoms with van der Waals surface area (Å²) < 4.78 is 8.36. The van der Waals surface area contributed by atoms with Crippen LogP contribution in [0.5, 0.6) is 5.75 Å². The fraction of sp³-hybridized carbons (Fsp3) is 0.550. The van der Waals surface area contributed by atoms with Gasteiger partial charge in [0.2, 0.25) is 0 Å². The van der Waals surface area contributed by atoms with Crippen molar-refractivity contribution < 1.29 is 4.74 Å². The lowest BCUT2D eigenvalue weighted by Gasteiger charge is -2.38. The van der Waals surface area contributed by atoms with E-state index in [2.05, 4.69) is 50.3 Å². The number of rotatable bonds is 3. The lowest BCUT2D eigenvalue weighted by molar-refractivity contribution is 0.0694. The van der Waals surface area contributed by atoms with Crippen LogP contribution in [0.3, 0.4) is 0 Å². The summed E-state index contributed by atoms with van der Waals surface area (Å²) in [6.45, 7) is 5.86. The van der Waals surface area contributed by atoms with Crippen LogP contribution in [-0.2, 0) is 19.5 Å². The molecule has 0 bridgehead atoms. The summed E-state index contributed by atoms with van der Waals surface area (Å²) in [6, 6.07) is 8.35. The summed E-state index contributed by atoms with van der Waals surface area (Å²) in [4.78, 5) is 4.41. The Labute approximate surface area is 183 Å². The van der Waals surface area contributed by atoms with Crippen LogP contribution in [0.25, 0.3) is 0 Å². The fourth-order valence-electron chi connectivity index (χ4n) is 3.95. The molecule has 2 aliphatic rings. The number of nitrogens with zero attached hydrogens (tertiary/aromatic N) is 4. The van der Waals surface area contributed by atoms with Gasteiger partial charge in [0.1, 0.15) is 17.2 Å². The largest absolute Gasteiger partial charge is 0.487 e. The van der Waals surface area contributed by atoms with Crippen molar-refractivity contribution in [3.05, 3.63) is 41.5 Å². The van der Waals surface area contributed by atoms with Crippen molar-refractivity contribution in [2.75, 3.05) is 7.05 Å². The maximum absolute atomic E-state index is 6.12. The number of ether oxygens (including phenoxy) is 1. The Hall–Kier alpha value is -1.84. The molecule has 152 valence electrons. The maximum Gasteiger partial charge on any atom is 0.191 e. The van der Waals surface area contributed by atoms with Crippen LogP contribution in [-0.4, -0.2) is 33.4 Å². The van der Waals surface area contributed by atoms with Gasteiger partial charge in [-0.2, -0.15) is 0 Å². The Morgan fingerprint density at radius 1 is 1.29 bits per heavy atom. The van der Waals surface area contributed by atoms with E-state index in [9.17, 15) is 0 Å². The third kappa shape index (κ3) is 4.42. The topological polar surface area (TPSA) is 76.4 Å². The summed E-state index contributed by atoms with van der Waals surface area (Å²) in [5.74, 6) is 3.77. The molecular formula is C20H29IN6O. The van der Waals surface area contributed by atoms with Gasteiger partial charge in [-0.05, 0) is 32.8 Å². The molecule has 3 heterocycles. The highest BCUT2D eigenvalue weighted by molar-refractivity contribution is 14.0. The number of fused-ring (bicyclic) bond motifs is 2. The van der Waals surface area contributed by atoms with Crippen molar-refractivity contribution in [2.45, 2.75) is 64.3 Å². The van der Waals surface area contributed by atoms with Crippen molar-refractivity contribution >= 4 is 29.9 Å². The molecule has 4 rings (SSSR count). The van der Waals surface area contributed by atoms with Crippen molar-refractivity contribution in [1.82, 2.24) is 25.4 Å². The molecule has 1 aromatic carbocycles. The maximum atomic E-state index is 6.12. The Morgan fingerprint density at radius 2 is 2.11 bits per heavy atom. The summed E-state index contributed by atoms with van der Waals surface area (Å²) in [7, 11) is 1.80. The minimum Gasteiger partial charge on any atom is -0.487 e. The van der Waals surface area contributed by atoms with Crippen molar-refractivity contribution in [1.29, 1.82) is 0 Å². The Balaban J connectivity index is 0.00000225. The Bertz CT molecular complexity index is 847. The molecule has 1 unspecified atom stereocenters. The standard InChI is InChI=1S/C20H28N6O.HI/c1-20(2)12-15(14-8-4-5-9-16(14)27-20)23-19(21-3)22-13-18-25-24-17-10-6-7-11-26(17)18;/h4-5,8-9,15H,6-7,10-13H2,1-3H3,(H2,21,22,23);1H. The van der Waals surface area contributed by atoms with Crippen LogP contribution in [0.1, 0.15) is 56.4 Å². The van der Waals surface area contributed by atoms with Crippen LogP contribution >= 0.6 is 24.0 Å². The van der Waals surface area contributed by atoms with Gasteiger partial charge in [-0.15, -0.1) is 34.2 Å². The minimum atomic E-state index is -0.225. The van der Waals surface area contributed by atoms with Crippen molar-refractivity contribution in [2.24, 2.45) is 4.99 Å². The van der Waals surface area contributed by atoms with Gasteiger partial charge in [0.05, 0.1) is 12.6 Å². The van der Waals surface area contributed by atoms with Crippen LogP contribution in [0.2, 0.25) is 0 Å². The number of hydrogen-bond acceptors (Lipinski definition) is 4. The summed E-state index contributed by atoms with van der Waals surface area (Å²) in [5, 5.41) is 15.6. The Morgan fingerprint density at radius 3 is 2.93 bits per heavy atom. The monoisotopic (exact) mass is 496 g/mol. The van der Waals surface area contributed by atoms with E-state index in [1.165, 1.54) is 18.4 Å². The molecule has 1 aromatic heterocycles. The molecule has 0 radical (unpaired) electrons. The zero-order valence-electron chi connectivity index (χ0n) is 16.7. The number of halogens is 1. The van der Waals surface area contributed by atoms with E-state index in [4.69, 9.17) is 4.74 Å². The molecule has 0 amide bonds. The third-order valence-electron chi connectivity index (χ3n) is 5.26. The smallest absolute Gasteiger partial charge is 0.191 e. The molecule has 28 heavy (non-hydrogen) atoms. The average molecular weight is 496 g/mol. The van der Waals surface area contributed by atoms with Crippen molar-refractivity contribution in [3.8, 4) is 5.75 Å². The lowest BCUT2D eigenvalue weighted by Crippen LogP contribution is -2.45. The van der Waals surface area contributed by atoms with E-state index in [1.807, 2.05) is 18.2 Å². The van der Waals surface area contributed by atoms with Gasteiger partial charge in [0, 0.05) is 32.0 Å². The van der Waals surface area contributed by atoms with E-state index in [-0.39, 0.29) is 35.6 Å². The van der Waals surface area contributed by atoms with Crippen LogP contribution < -0.4 is 15.4 Å². The molecule has 2 aliphatic heterocycles. The molecule has 0 aliphatic carbocycles. The zero-order chi connectivity index (χ0) is 18.9. The second-order valence-electron chi connectivity index (χ2n) is 7.87. The predicted octanol–water partition coefficient (Wildman–Crippen LogP) is 3.20. The van der Waals surface area contributed by atoms with E-state index >= 15 is 0 Å². The van der Waals surface area contributed by atoms with Gasteiger partial charge in [-0.25, -0.2) is 0 Å². The number of aryl methyl sites for hydroxylation is 1. The summed E-state index contributed by atoms with van der Waals surface area (Å²) in [6.07, 6.45) is 4.28. The second kappa shape index (κ2) is 8.67. The normalized spacial score (nSPS) is 20.2. The van der Waals surface area contributed by atoms with Gasteiger partial charge in [-0.1, -0.05) is 18.2 Å². The van der Waals surface area contributed by atoms with E-state index < -0.39 is 0 Å². The fourth-order valence-corrected chi connectivity index (χ4v) is 3.95. The first kappa shape index (κ1) is 20.9. The van der Waals surface area contributed by atoms with E-state index in [0.717, 1.165) is 42.7 Å². The number of para-hydroxylation sites is 1. The van der Waals surface area contributed by atoms with Gasteiger partial charge in [0.25, 0.3) is 0 Å². The average Bonchev–Trinajstić information content (AvgIpc) is 3.07. The molecule has 8 heteroatoms. The third-order valence-corrected chi connectivity index (χ3v) is 5.26. The molecule has 0 spiro atoms. The molecule has 2 N–H and O–H groups in total.